The van der Waals surface area contributed by atoms with Gasteiger partial charge in [0.05, 0.1) is 6.10 Å². The first-order valence-corrected chi connectivity index (χ1v) is 5.07. The molecule has 2 bridgehead atoms. The summed E-state index contributed by atoms with van der Waals surface area (Å²) in [5, 5.41) is 9.85. The Kier molecular flexibility index (Phi) is 1.50. The molecule has 0 radical (unpaired) electrons. The van der Waals surface area contributed by atoms with E-state index in [0.29, 0.717) is 23.7 Å². The maximum atomic E-state index is 9.85. The van der Waals surface area contributed by atoms with E-state index >= 15 is 0 Å². The Labute approximate surface area is 78.5 Å². The molecule has 13 heavy (non-hydrogen) atoms. The Hall–Kier alpha value is -0.820. The van der Waals surface area contributed by atoms with Crippen molar-refractivity contribution in [2.45, 2.75) is 12.5 Å². The Balaban J connectivity index is 2.05. The molecule has 0 amide bonds. The van der Waals surface area contributed by atoms with Crippen LogP contribution in [0.4, 0.5) is 0 Å². The molecule has 0 fully saturated rings. The highest BCUT2D eigenvalue weighted by atomic mass is 16.3. The van der Waals surface area contributed by atoms with Gasteiger partial charge in [-0.1, -0.05) is 36.5 Å². The number of allylic oxidation sites excluding steroid dienone is 4. The lowest BCUT2D eigenvalue weighted by Gasteiger charge is -2.35. The summed E-state index contributed by atoms with van der Waals surface area (Å²) in [6.07, 6.45) is 14.1. The van der Waals surface area contributed by atoms with Gasteiger partial charge >= 0.3 is 0 Å². The van der Waals surface area contributed by atoms with Crippen LogP contribution in [0.25, 0.3) is 0 Å². The molecule has 68 valence electrons. The van der Waals surface area contributed by atoms with Gasteiger partial charge in [-0.05, 0) is 24.2 Å². The van der Waals surface area contributed by atoms with Crippen molar-refractivity contribution in [3.63, 3.8) is 0 Å². The highest BCUT2D eigenvalue weighted by Gasteiger charge is 2.40. The summed E-state index contributed by atoms with van der Waals surface area (Å²) in [7, 11) is 0. The normalized spacial score (nSPS) is 51.0. The number of hydrogen-bond donors (Lipinski definition) is 1. The van der Waals surface area contributed by atoms with Crippen molar-refractivity contribution < 1.29 is 5.11 Å². The van der Waals surface area contributed by atoms with Crippen molar-refractivity contribution in [3.05, 3.63) is 36.5 Å². The molecule has 3 aliphatic carbocycles. The second-order valence-corrected chi connectivity index (χ2v) is 4.32. The molecule has 3 rings (SSSR count). The number of hydrogen-bond acceptors (Lipinski definition) is 1. The molecule has 0 aliphatic heterocycles. The quantitative estimate of drug-likeness (QED) is 0.556. The van der Waals surface area contributed by atoms with E-state index in [1.54, 1.807) is 0 Å². The second-order valence-electron chi connectivity index (χ2n) is 4.32. The summed E-state index contributed by atoms with van der Waals surface area (Å²) >= 11 is 0. The molecule has 0 aromatic carbocycles. The van der Waals surface area contributed by atoms with Crippen molar-refractivity contribution in [3.8, 4) is 0 Å². The third kappa shape index (κ3) is 0.969. The van der Waals surface area contributed by atoms with Crippen molar-refractivity contribution in [1.29, 1.82) is 0 Å². The van der Waals surface area contributed by atoms with Crippen molar-refractivity contribution in [2.75, 3.05) is 0 Å². The van der Waals surface area contributed by atoms with E-state index in [2.05, 4.69) is 30.4 Å². The highest BCUT2D eigenvalue weighted by Crippen LogP contribution is 2.45. The number of rotatable bonds is 0. The van der Waals surface area contributed by atoms with Crippen LogP contribution < -0.4 is 0 Å². The first-order chi connectivity index (χ1) is 6.36. The molecule has 0 unspecified atom stereocenters. The topological polar surface area (TPSA) is 20.2 Å². The van der Waals surface area contributed by atoms with E-state index in [9.17, 15) is 5.11 Å². The maximum absolute atomic E-state index is 9.85. The summed E-state index contributed by atoms with van der Waals surface area (Å²) in [6.45, 7) is 0. The van der Waals surface area contributed by atoms with Crippen molar-refractivity contribution in [2.24, 2.45) is 23.7 Å². The van der Waals surface area contributed by atoms with Gasteiger partial charge in [-0.25, -0.2) is 0 Å². The molecule has 0 aromatic rings. The standard InChI is InChI=1S/C12H14O/c13-12-7-4-8-2-1-3-11(12)10-6-5-9(8)10/h1,3-13H,2H2/t8-,9+,10+,11-,12+/m1/s1. The largest absolute Gasteiger partial charge is 0.388 e. The van der Waals surface area contributed by atoms with Gasteiger partial charge in [0.2, 0.25) is 0 Å². The van der Waals surface area contributed by atoms with E-state index in [-0.39, 0.29) is 6.10 Å². The summed E-state index contributed by atoms with van der Waals surface area (Å²) in [6, 6.07) is 0. The maximum Gasteiger partial charge on any atom is 0.0789 e. The van der Waals surface area contributed by atoms with Crippen LogP contribution in [0, 0.1) is 23.7 Å². The Morgan fingerprint density at radius 3 is 2.46 bits per heavy atom. The van der Waals surface area contributed by atoms with Crippen LogP contribution in [0.3, 0.4) is 0 Å². The minimum absolute atomic E-state index is 0.265. The smallest absolute Gasteiger partial charge is 0.0789 e. The average Bonchev–Trinajstić information content (AvgIpc) is 2.21. The fraction of sp³-hybridized carbons (Fsp3) is 0.500. The van der Waals surface area contributed by atoms with E-state index in [4.69, 9.17) is 0 Å². The minimum atomic E-state index is -0.265. The first-order valence-electron chi connectivity index (χ1n) is 5.07. The Bertz CT molecular complexity index is 300. The van der Waals surface area contributed by atoms with Gasteiger partial charge in [-0.3, -0.25) is 0 Å². The molecule has 3 aliphatic rings. The predicted octanol–water partition coefficient (Wildman–Crippen LogP) is 1.91. The van der Waals surface area contributed by atoms with Crippen LogP contribution in [0.15, 0.2) is 36.5 Å². The molecule has 0 spiro atoms. The van der Waals surface area contributed by atoms with Crippen LogP contribution in [0.1, 0.15) is 6.42 Å². The molecule has 1 N–H and O–H groups in total. The van der Waals surface area contributed by atoms with Crippen LogP contribution in [0.5, 0.6) is 0 Å². The molecule has 0 saturated carbocycles. The SMILES string of the molecule is O[C@H]1C=C[C@H]2CC=C[C@@H]1[C@H]1C=C[C@H]12. The van der Waals surface area contributed by atoms with Crippen LogP contribution >= 0.6 is 0 Å². The zero-order valence-corrected chi connectivity index (χ0v) is 7.51. The molecule has 0 heterocycles. The van der Waals surface area contributed by atoms with Crippen LogP contribution in [-0.2, 0) is 0 Å². The molecular weight excluding hydrogens is 160 g/mol. The fourth-order valence-corrected chi connectivity index (χ4v) is 2.79. The molecule has 1 nitrogen and oxygen atoms in total. The highest BCUT2D eigenvalue weighted by molar-refractivity contribution is 5.25. The molecular formula is C12H14O. The van der Waals surface area contributed by atoms with E-state index in [1.165, 1.54) is 0 Å². The van der Waals surface area contributed by atoms with E-state index < -0.39 is 0 Å². The monoisotopic (exact) mass is 174 g/mol. The third-order valence-electron chi connectivity index (χ3n) is 3.66. The van der Waals surface area contributed by atoms with Gasteiger partial charge in [0.1, 0.15) is 0 Å². The van der Waals surface area contributed by atoms with Gasteiger partial charge in [0, 0.05) is 5.92 Å². The van der Waals surface area contributed by atoms with Gasteiger partial charge in [0.25, 0.3) is 0 Å². The first kappa shape index (κ1) is 7.57. The Morgan fingerprint density at radius 2 is 1.69 bits per heavy atom. The summed E-state index contributed by atoms with van der Waals surface area (Å²) in [5.41, 5.74) is 0. The van der Waals surface area contributed by atoms with Crippen molar-refractivity contribution in [1.82, 2.24) is 0 Å². The van der Waals surface area contributed by atoms with E-state index in [1.807, 2.05) is 6.08 Å². The lowest BCUT2D eigenvalue weighted by atomic mass is 9.69. The van der Waals surface area contributed by atoms with Crippen molar-refractivity contribution >= 4 is 0 Å². The zero-order chi connectivity index (χ0) is 8.84. The summed E-state index contributed by atoms with van der Waals surface area (Å²) < 4.78 is 0. The van der Waals surface area contributed by atoms with E-state index in [0.717, 1.165) is 6.42 Å². The molecule has 0 saturated heterocycles. The number of aliphatic hydroxyl groups excluding tert-OH is 1. The summed E-state index contributed by atoms with van der Waals surface area (Å²) in [5.74, 6) is 2.24. The second kappa shape index (κ2) is 2.58. The number of aliphatic hydroxyl groups is 1. The van der Waals surface area contributed by atoms with Gasteiger partial charge in [0.15, 0.2) is 0 Å². The lowest BCUT2D eigenvalue weighted by molar-refractivity contribution is 0.135. The van der Waals surface area contributed by atoms with Gasteiger partial charge < -0.3 is 5.11 Å². The Morgan fingerprint density at radius 1 is 0.846 bits per heavy atom. The minimum Gasteiger partial charge on any atom is -0.388 e. The van der Waals surface area contributed by atoms with Crippen LogP contribution in [0.2, 0.25) is 0 Å². The fourth-order valence-electron chi connectivity index (χ4n) is 2.79. The van der Waals surface area contributed by atoms with Gasteiger partial charge in [-0.2, -0.15) is 0 Å². The molecule has 1 heteroatoms. The average molecular weight is 174 g/mol. The zero-order valence-electron chi connectivity index (χ0n) is 7.51. The predicted molar refractivity (Wildman–Crippen MR) is 52.0 cm³/mol. The third-order valence-corrected chi connectivity index (χ3v) is 3.66. The molecule has 0 aromatic heterocycles. The van der Waals surface area contributed by atoms with Crippen LogP contribution in [-0.4, -0.2) is 11.2 Å². The molecule has 5 atom stereocenters. The lowest BCUT2D eigenvalue weighted by Crippen LogP contribution is -2.32. The summed E-state index contributed by atoms with van der Waals surface area (Å²) in [4.78, 5) is 0. The van der Waals surface area contributed by atoms with Gasteiger partial charge in [-0.15, -0.1) is 0 Å².